The molecule has 1 aromatic carbocycles. The number of hydrogen-bond donors (Lipinski definition) is 1. The lowest BCUT2D eigenvalue weighted by molar-refractivity contribution is -0.409. The molecular formula is C14H16N3O2S+. The molecule has 0 saturated carbocycles. The lowest BCUT2D eigenvalue weighted by Crippen LogP contribution is -2.16. The van der Waals surface area contributed by atoms with Crippen LogP contribution in [0.3, 0.4) is 0 Å². The van der Waals surface area contributed by atoms with Gasteiger partial charge in [0.15, 0.2) is 0 Å². The van der Waals surface area contributed by atoms with Crippen LogP contribution in [0, 0.1) is 17.0 Å². The summed E-state index contributed by atoms with van der Waals surface area (Å²) in [6.45, 7) is 2.71. The first kappa shape index (κ1) is 14.3. The van der Waals surface area contributed by atoms with Gasteiger partial charge in [-0.15, -0.1) is 11.8 Å². The molecule has 0 aliphatic rings. The minimum Gasteiger partial charge on any atom is -0.268 e. The van der Waals surface area contributed by atoms with Crippen LogP contribution in [-0.2, 0) is 0 Å². The molecule has 1 heterocycles. The van der Waals surface area contributed by atoms with Crippen molar-refractivity contribution in [3.05, 3.63) is 58.3 Å². The first-order valence-electron chi connectivity index (χ1n) is 6.25. The fourth-order valence-electron chi connectivity index (χ4n) is 1.70. The summed E-state index contributed by atoms with van der Waals surface area (Å²) in [5.74, 6) is 1.28. The SMILES string of the molecule is Cc1ccc(SCCNc2[nH+]cccc2[N+](=O)[O-])cc1. The quantitative estimate of drug-likeness (QED) is 0.384. The lowest BCUT2D eigenvalue weighted by atomic mass is 10.2. The van der Waals surface area contributed by atoms with E-state index >= 15 is 0 Å². The topological polar surface area (TPSA) is 69.3 Å². The number of benzene rings is 1. The van der Waals surface area contributed by atoms with Crippen molar-refractivity contribution < 1.29 is 9.91 Å². The highest BCUT2D eigenvalue weighted by atomic mass is 32.2. The Balaban J connectivity index is 1.84. The minimum atomic E-state index is -0.397. The van der Waals surface area contributed by atoms with Crippen LogP contribution in [0.2, 0.25) is 0 Å². The molecule has 0 amide bonds. The molecule has 6 heteroatoms. The molecule has 2 aromatic rings. The van der Waals surface area contributed by atoms with Gasteiger partial charge in [0, 0.05) is 16.7 Å². The van der Waals surface area contributed by atoms with Crippen LogP contribution >= 0.6 is 11.8 Å². The zero-order chi connectivity index (χ0) is 14.4. The Morgan fingerprint density at radius 3 is 2.75 bits per heavy atom. The van der Waals surface area contributed by atoms with Crippen molar-refractivity contribution in [1.82, 2.24) is 0 Å². The molecule has 2 rings (SSSR count). The van der Waals surface area contributed by atoms with Crippen molar-refractivity contribution in [1.29, 1.82) is 0 Å². The fraction of sp³-hybridized carbons (Fsp3) is 0.214. The van der Waals surface area contributed by atoms with Crippen LogP contribution in [0.15, 0.2) is 47.5 Å². The number of hydrogen-bond acceptors (Lipinski definition) is 4. The van der Waals surface area contributed by atoms with E-state index in [1.54, 1.807) is 24.0 Å². The van der Waals surface area contributed by atoms with Crippen molar-refractivity contribution in [3.63, 3.8) is 0 Å². The van der Waals surface area contributed by atoms with E-state index in [2.05, 4.69) is 41.5 Å². The molecule has 5 nitrogen and oxygen atoms in total. The third-order valence-electron chi connectivity index (χ3n) is 2.72. The number of nitro groups is 1. The van der Waals surface area contributed by atoms with Crippen molar-refractivity contribution in [2.75, 3.05) is 17.6 Å². The average Bonchev–Trinajstić information content (AvgIpc) is 2.46. The summed E-state index contributed by atoms with van der Waals surface area (Å²) in [7, 11) is 0. The maximum absolute atomic E-state index is 10.8. The van der Waals surface area contributed by atoms with Gasteiger partial charge in [-0.2, -0.15) is 0 Å². The molecule has 0 atom stereocenters. The molecule has 1 aromatic heterocycles. The Labute approximate surface area is 121 Å². The third kappa shape index (κ3) is 3.96. The van der Waals surface area contributed by atoms with E-state index in [0.717, 1.165) is 5.75 Å². The van der Waals surface area contributed by atoms with E-state index in [9.17, 15) is 10.1 Å². The first-order valence-corrected chi connectivity index (χ1v) is 7.24. The van der Waals surface area contributed by atoms with E-state index < -0.39 is 4.92 Å². The number of aromatic amines is 1. The molecule has 0 aliphatic carbocycles. The second-order valence-electron chi connectivity index (χ2n) is 4.28. The summed E-state index contributed by atoms with van der Waals surface area (Å²) in [6.07, 6.45) is 1.67. The van der Waals surface area contributed by atoms with Crippen LogP contribution in [0.4, 0.5) is 11.5 Å². The molecule has 2 N–H and O–H groups in total. The second kappa shape index (κ2) is 6.91. The highest BCUT2D eigenvalue weighted by molar-refractivity contribution is 7.99. The van der Waals surface area contributed by atoms with Crippen LogP contribution in [0.1, 0.15) is 5.56 Å². The number of pyridine rings is 1. The Morgan fingerprint density at radius 1 is 1.30 bits per heavy atom. The molecular weight excluding hydrogens is 274 g/mol. The molecule has 0 radical (unpaired) electrons. The highest BCUT2D eigenvalue weighted by Crippen LogP contribution is 2.20. The number of aryl methyl sites for hydroxylation is 1. The summed E-state index contributed by atoms with van der Waals surface area (Å²) >= 11 is 1.72. The fourth-order valence-corrected chi connectivity index (χ4v) is 2.47. The monoisotopic (exact) mass is 290 g/mol. The second-order valence-corrected chi connectivity index (χ2v) is 5.44. The largest absolute Gasteiger partial charge is 0.357 e. The Morgan fingerprint density at radius 2 is 2.05 bits per heavy atom. The third-order valence-corrected chi connectivity index (χ3v) is 3.74. The van der Waals surface area contributed by atoms with E-state index in [1.807, 2.05) is 0 Å². The average molecular weight is 290 g/mol. The number of aromatic nitrogens is 1. The number of H-pyrrole nitrogens is 1. The molecule has 20 heavy (non-hydrogen) atoms. The molecule has 104 valence electrons. The van der Waals surface area contributed by atoms with Gasteiger partial charge in [-0.25, -0.2) is 4.98 Å². The number of nitrogens with one attached hydrogen (secondary N) is 2. The summed E-state index contributed by atoms with van der Waals surface area (Å²) < 4.78 is 0. The van der Waals surface area contributed by atoms with Crippen LogP contribution in [0.5, 0.6) is 0 Å². The molecule has 0 spiro atoms. The van der Waals surface area contributed by atoms with Crippen molar-refractivity contribution in [2.45, 2.75) is 11.8 Å². The molecule has 0 saturated heterocycles. The van der Waals surface area contributed by atoms with E-state index in [4.69, 9.17) is 0 Å². The summed E-state index contributed by atoms with van der Waals surface area (Å²) in [6, 6.07) is 11.4. The molecule has 0 bridgehead atoms. The first-order chi connectivity index (χ1) is 9.66. The molecule has 0 fully saturated rings. The predicted octanol–water partition coefficient (Wildman–Crippen LogP) is 2.92. The Kier molecular flexibility index (Phi) is 4.95. The van der Waals surface area contributed by atoms with E-state index in [1.165, 1.54) is 16.5 Å². The summed E-state index contributed by atoms with van der Waals surface area (Å²) in [5, 5.41) is 13.9. The Hall–Kier alpha value is -2.08. The number of rotatable bonds is 6. The van der Waals surface area contributed by atoms with Gasteiger partial charge in [0.25, 0.3) is 0 Å². The maximum atomic E-state index is 10.8. The van der Waals surface area contributed by atoms with Crippen LogP contribution in [0.25, 0.3) is 0 Å². The van der Waals surface area contributed by atoms with Gasteiger partial charge in [-0.1, -0.05) is 17.7 Å². The normalized spacial score (nSPS) is 10.2. The standard InChI is InChI=1S/C14H15N3O2S/c1-11-4-6-12(7-5-11)20-10-9-16-14-13(17(18)19)3-2-8-15-14/h2-8H,9-10H2,1H3,(H,15,16)/p+1. The van der Waals surface area contributed by atoms with Crippen molar-refractivity contribution in [2.24, 2.45) is 0 Å². The number of thioether (sulfide) groups is 1. The van der Waals surface area contributed by atoms with Gasteiger partial charge >= 0.3 is 11.5 Å². The Bertz CT molecular complexity index is 587. The smallest absolute Gasteiger partial charge is 0.268 e. The van der Waals surface area contributed by atoms with E-state index in [-0.39, 0.29) is 5.69 Å². The van der Waals surface area contributed by atoms with Gasteiger partial charge in [0.2, 0.25) is 0 Å². The lowest BCUT2D eigenvalue weighted by Gasteiger charge is -2.01. The predicted molar refractivity (Wildman–Crippen MR) is 80.0 cm³/mol. The van der Waals surface area contributed by atoms with Crippen LogP contribution in [-0.4, -0.2) is 17.2 Å². The van der Waals surface area contributed by atoms with Gasteiger partial charge in [0.1, 0.15) is 0 Å². The van der Waals surface area contributed by atoms with Gasteiger partial charge < -0.3 is 0 Å². The summed E-state index contributed by atoms with van der Waals surface area (Å²) in [5.41, 5.74) is 1.30. The zero-order valence-corrected chi connectivity index (χ0v) is 11.9. The zero-order valence-electron chi connectivity index (χ0n) is 11.1. The summed E-state index contributed by atoms with van der Waals surface area (Å²) in [4.78, 5) is 14.5. The van der Waals surface area contributed by atoms with Crippen molar-refractivity contribution >= 4 is 23.3 Å². The van der Waals surface area contributed by atoms with E-state index in [0.29, 0.717) is 12.4 Å². The van der Waals surface area contributed by atoms with Gasteiger partial charge in [-0.3, -0.25) is 15.4 Å². The maximum Gasteiger partial charge on any atom is 0.357 e. The number of nitrogens with zero attached hydrogens (tertiary/aromatic N) is 1. The number of anilines is 1. The van der Waals surface area contributed by atoms with Gasteiger partial charge in [0.05, 0.1) is 17.7 Å². The molecule has 0 unspecified atom stereocenters. The van der Waals surface area contributed by atoms with Crippen LogP contribution < -0.4 is 10.3 Å². The minimum absolute atomic E-state index is 0.0628. The highest BCUT2D eigenvalue weighted by Gasteiger charge is 2.18. The molecule has 0 aliphatic heterocycles. The van der Waals surface area contributed by atoms with Crippen molar-refractivity contribution in [3.8, 4) is 0 Å². The van der Waals surface area contributed by atoms with Gasteiger partial charge in [-0.05, 0) is 25.1 Å².